The Hall–Kier alpha value is -13.8. The summed E-state index contributed by atoms with van der Waals surface area (Å²) in [5.41, 5.74) is 5.95. The molecule has 0 radical (unpaired) electrons. The van der Waals surface area contributed by atoms with Crippen molar-refractivity contribution in [1.82, 2.24) is 29.9 Å². The summed E-state index contributed by atoms with van der Waals surface area (Å²) in [4.78, 5) is 24.6. The van der Waals surface area contributed by atoms with E-state index in [1.54, 1.807) is 91.1 Å². The summed E-state index contributed by atoms with van der Waals surface area (Å²) in [6, 6.07) is 56.7. The highest BCUT2D eigenvalue weighted by molar-refractivity contribution is 7.94. The van der Waals surface area contributed by atoms with Gasteiger partial charge in [0.1, 0.15) is 11.0 Å². The highest BCUT2D eigenvalue weighted by Gasteiger charge is 2.42. The minimum Gasteiger partial charge on any atom is -0.277 e. The normalized spacial score (nSPS) is 15.0. The average molecular weight is 2120 g/mol. The molecule has 0 fully saturated rings. The number of nitrogens with zero attached hydrogens (tertiary/aromatic N) is 7. The Morgan fingerprint density at radius 3 is 1.03 bits per heavy atom. The van der Waals surface area contributed by atoms with Crippen molar-refractivity contribution in [2.24, 2.45) is 0 Å². The largest absolute Gasteiger partial charge is 0.417 e. The van der Waals surface area contributed by atoms with Gasteiger partial charge in [0.25, 0.3) is 60.1 Å². The molecule has 0 atom stereocenters. The molecule has 12 aromatic carbocycles. The van der Waals surface area contributed by atoms with Gasteiger partial charge in [-0.2, -0.15) is 31.6 Å². The third kappa shape index (κ3) is 16.9. The highest BCUT2D eigenvalue weighted by atomic mass is 35.5. The van der Waals surface area contributed by atoms with Gasteiger partial charge in [-0.25, -0.2) is 68.7 Å². The van der Waals surface area contributed by atoms with Crippen LogP contribution in [0.2, 0.25) is 30.3 Å². The van der Waals surface area contributed by atoms with Gasteiger partial charge in [0, 0.05) is 140 Å². The maximum absolute atomic E-state index is 13.9. The Morgan fingerprint density at radius 1 is 0.273 bits per heavy atom. The van der Waals surface area contributed by atoms with Crippen LogP contribution in [0.1, 0.15) is 16.7 Å². The van der Waals surface area contributed by atoms with E-state index in [2.05, 4.69) is 64.3 Å². The first-order chi connectivity index (χ1) is 65.8. The minimum atomic E-state index is -4.62. The second-order valence-electron chi connectivity index (χ2n) is 30.8. The van der Waals surface area contributed by atoms with Gasteiger partial charge < -0.3 is 0 Å². The van der Waals surface area contributed by atoms with Crippen molar-refractivity contribution in [3.63, 3.8) is 0 Å². The first kappa shape index (κ1) is 94.2. The smallest absolute Gasteiger partial charge is 0.277 e. The van der Waals surface area contributed by atoms with Gasteiger partial charge in [-0.15, -0.1) is 0 Å². The van der Waals surface area contributed by atoms with Crippen LogP contribution in [-0.2, 0) is 72.5 Å². The Balaban J connectivity index is 0.000000106. The predicted molar refractivity (Wildman–Crippen MR) is 513 cm³/mol. The van der Waals surface area contributed by atoms with E-state index in [9.17, 15) is 95.3 Å². The molecule has 46 heteroatoms. The number of rotatable bonds is 0. The molecule has 6 aromatic heterocycles. The minimum absolute atomic E-state index is 0.0124. The lowest BCUT2D eigenvalue weighted by Gasteiger charge is -2.24. The third-order valence-electron chi connectivity index (χ3n) is 22.5. The number of benzene rings is 12. The summed E-state index contributed by atoms with van der Waals surface area (Å²) in [5.74, 6) is -3.07. The lowest BCUT2D eigenvalue weighted by atomic mass is 9.96. The van der Waals surface area contributed by atoms with Crippen LogP contribution in [0.5, 0.6) is 0 Å². The first-order valence-corrected chi connectivity index (χ1v) is 51.0. The topological polar surface area (TPSA) is 378 Å². The zero-order valence-electron chi connectivity index (χ0n) is 68.9. The van der Waals surface area contributed by atoms with Crippen molar-refractivity contribution in [2.45, 2.75) is 41.7 Å². The van der Waals surface area contributed by atoms with E-state index in [1.165, 1.54) is 104 Å². The zero-order valence-corrected chi connectivity index (χ0v) is 78.3. The van der Waals surface area contributed by atoms with Crippen LogP contribution < -0.4 is 28.3 Å². The molecule has 0 amide bonds. The molecule has 0 spiro atoms. The molecule has 698 valence electrons. The van der Waals surface area contributed by atoms with E-state index in [-0.39, 0.29) is 117 Å². The molecule has 24 rings (SSSR count). The second kappa shape index (κ2) is 34.7. The zero-order chi connectivity index (χ0) is 98.6. The summed E-state index contributed by atoms with van der Waals surface area (Å²) in [7, 11) is -23.0. The standard InChI is InChI=1S/C16H8ClF3N2O2S.C16H8ClN3O2S.C16H9F3N2O2S.C15H7Cl2FN2O2S.C15H7ClF2N2O2S.C15H9ClN2O2S/c17-8-3-4-13-10(6-8)11-7-12(16(18,19)20)9-2-1-5-21-14(9)15(11)22-25(13,23)24;17-10-3-4-14-12(7-10)13-6-9(8-18)11-2-1-5-19-15(11)16(13)20-23(14,21)22;17-16(18,19)12-8-11-9-4-1-2-6-13(9)24(22,23)21-15(11)14-10(12)5-3-7-20-14;16-10-4-9-8-5-12(18)11(17)6-13(8)23(21,22)20-15(9)14-7(10)2-1-3-19-14;16-10-4-9-8-5-11(17)12(18)6-13(8)23(21,22)20-15(9)14-7(10)2-1-3-19-14;16-13-8-6-9-5-7-11-10-3-1-2-4-12(10)21(19,20)18-15(11)14(9)17-13/h1-7,22H;1-7,20H;1-8,21H;2*1-6,20H;1-8,18H. The molecule has 0 unspecified atom stereocenters. The van der Waals surface area contributed by atoms with E-state index < -0.39 is 101 Å². The van der Waals surface area contributed by atoms with Gasteiger partial charge in [-0.1, -0.05) is 130 Å². The number of aromatic nitrogens is 6. The Bertz CT molecular complexity index is 9140. The first-order valence-electron chi connectivity index (χ1n) is 39.8. The van der Waals surface area contributed by atoms with Crippen molar-refractivity contribution in [2.75, 3.05) is 28.3 Å². The Kier molecular flexibility index (Phi) is 23.5. The van der Waals surface area contributed by atoms with Crippen molar-refractivity contribution in [1.29, 1.82) is 5.26 Å². The number of halogens is 15. The summed E-state index contributed by atoms with van der Waals surface area (Å²) in [6.07, 6.45) is -1.97. The molecule has 0 saturated heterocycles. The van der Waals surface area contributed by atoms with Gasteiger partial charge in [-0.05, 0) is 164 Å². The Labute approximate surface area is 810 Å². The lowest BCUT2D eigenvalue weighted by Crippen LogP contribution is -2.20. The fourth-order valence-corrected chi connectivity index (χ4v) is 25.6. The molecular formula is C93H48Cl6F9N13O12S6. The molecule has 18 aromatic rings. The van der Waals surface area contributed by atoms with Crippen molar-refractivity contribution in [3.8, 4) is 72.8 Å². The molecule has 0 saturated carbocycles. The maximum atomic E-state index is 13.9. The molecule has 139 heavy (non-hydrogen) atoms. The quantitative estimate of drug-likeness (QED) is 0.0606. The number of nitriles is 1. The fraction of sp³-hybridized carbons (Fsp3) is 0.0215. The molecule has 0 bridgehead atoms. The van der Waals surface area contributed by atoms with Crippen LogP contribution >= 0.6 is 69.6 Å². The molecule has 25 nitrogen and oxygen atoms in total. The average Bonchev–Trinajstić information content (AvgIpc) is 0.794. The van der Waals surface area contributed by atoms with E-state index in [0.29, 0.717) is 109 Å². The number of hydrogen-bond donors (Lipinski definition) is 6. The van der Waals surface area contributed by atoms with Crippen LogP contribution in [0.25, 0.3) is 132 Å². The number of anilines is 6. The van der Waals surface area contributed by atoms with Crippen molar-refractivity contribution in [3.05, 3.63) is 320 Å². The van der Waals surface area contributed by atoms with E-state index in [4.69, 9.17) is 69.6 Å². The molecule has 0 aliphatic carbocycles. The molecule has 6 N–H and O–H groups in total. The summed E-state index contributed by atoms with van der Waals surface area (Å²) >= 11 is 36.1. The lowest BCUT2D eigenvalue weighted by molar-refractivity contribution is -0.137. The van der Waals surface area contributed by atoms with Crippen LogP contribution in [0.4, 0.5) is 73.6 Å². The van der Waals surface area contributed by atoms with Gasteiger partial charge >= 0.3 is 12.4 Å². The van der Waals surface area contributed by atoms with Crippen LogP contribution in [-0.4, -0.2) is 80.4 Å². The van der Waals surface area contributed by atoms with E-state index in [0.717, 1.165) is 41.3 Å². The predicted octanol–water partition coefficient (Wildman–Crippen LogP) is 24.3. The Morgan fingerprint density at radius 2 is 0.597 bits per heavy atom. The number of fused-ring (bicyclic) bond motifs is 30. The van der Waals surface area contributed by atoms with Crippen molar-refractivity contribution >= 4 is 229 Å². The molecular weight excluding hydrogens is 2070 g/mol. The maximum Gasteiger partial charge on any atom is 0.417 e. The van der Waals surface area contributed by atoms with Gasteiger partial charge in [0.15, 0.2) is 11.6 Å². The monoisotopic (exact) mass is 2110 g/mol. The number of sulfonamides is 6. The van der Waals surface area contributed by atoms with Gasteiger partial charge in [-0.3, -0.25) is 53.3 Å². The van der Waals surface area contributed by atoms with Crippen molar-refractivity contribution < 1.29 is 90.0 Å². The van der Waals surface area contributed by atoms with Gasteiger partial charge in [0.05, 0.1) is 134 Å². The number of pyridine rings is 6. The fourth-order valence-electron chi connectivity index (χ4n) is 16.6. The summed E-state index contributed by atoms with van der Waals surface area (Å²) < 4.78 is 286. The van der Waals surface area contributed by atoms with Gasteiger partial charge in [0.2, 0.25) is 0 Å². The molecule has 6 aliphatic rings. The number of alkyl halides is 6. The summed E-state index contributed by atoms with van der Waals surface area (Å²) in [5, 5.41) is 13.1. The molecule has 12 heterocycles. The van der Waals surface area contributed by atoms with E-state index in [1.807, 2.05) is 24.3 Å². The van der Waals surface area contributed by atoms with Crippen LogP contribution in [0, 0.1) is 28.8 Å². The number of nitrogens with one attached hydrogen (secondary N) is 6. The SMILES string of the molecule is N#Cc1cc2c(c3ncccc13)NS(=O)(=O)c1ccc(Cl)cc1-2.O=S1(=O)Nc2c(cc(C(F)(F)F)c3cccnc23)-c2cc(Cl)ccc21.O=S1(=O)Nc2c(cc(C(F)(F)F)c3cccnc23)-c2ccccc21.O=S1(=O)Nc2c(cc(Cl)c3cccnc23)-c2cc(F)c(Cl)cc21.O=S1(=O)Nc2c(cc(Cl)c3cccnc23)-c2cc(F)c(F)cc21.O=S1(=O)Nc2c(ccc3ccc(Cl)nc23)-c2ccccc21. The van der Waals surface area contributed by atoms with Crippen LogP contribution in [0.15, 0.2) is 285 Å². The number of hydrogen-bond acceptors (Lipinski definition) is 19. The van der Waals surface area contributed by atoms with Crippen LogP contribution in [0.3, 0.4) is 0 Å². The summed E-state index contributed by atoms with van der Waals surface area (Å²) in [6.45, 7) is 0. The third-order valence-corrected chi connectivity index (χ3v) is 32.5. The molecule has 6 aliphatic heterocycles. The van der Waals surface area contributed by atoms with E-state index >= 15 is 0 Å². The highest BCUT2D eigenvalue weighted by Crippen LogP contribution is 2.54. The second-order valence-corrected chi connectivity index (χ2v) is 43.2.